The molecule has 0 saturated heterocycles. The largest absolute Gasteiger partial charge is 1.00 e. The summed E-state index contributed by atoms with van der Waals surface area (Å²) in [7, 11) is 7.75. The minimum absolute atomic E-state index is 0. The molecule has 0 aliphatic rings. The molecule has 0 fully saturated rings. The minimum Gasteiger partial charge on any atom is -1.00 e. The van der Waals surface area contributed by atoms with Gasteiger partial charge in [0, 0.05) is 13.0 Å². The summed E-state index contributed by atoms with van der Waals surface area (Å²) in [5.74, 6) is 0.223. The molecule has 0 aromatic carbocycles. The third-order valence-corrected chi connectivity index (χ3v) is 3.60. The fourth-order valence-electron chi connectivity index (χ4n) is 2.18. The predicted molar refractivity (Wildman–Crippen MR) is 78.0 cm³/mol. The summed E-state index contributed by atoms with van der Waals surface area (Å²) in [6.07, 6.45) is 0. The van der Waals surface area contributed by atoms with E-state index in [1.54, 1.807) is 0 Å². The fourth-order valence-corrected chi connectivity index (χ4v) is 2.56. The monoisotopic (exact) mass is 435 g/mol. The molecule has 1 aromatic heterocycles. The highest BCUT2D eigenvalue weighted by Crippen LogP contribution is 2.12. The maximum atomic E-state index is 12.0. The first-order valence-corrected chi connectivity index (χ1v) is 6.75. The molecular weight excluding hydrogens is 416 g/mol. The lowest BCUT2D eigenvalue weighted by Gasteiger charge is -2.28. The van der Waals surface area contributed by atoms with Crippen molar-refractivity contribution in [2.45, 2.75) is 13.5 Å². The number of rotatable bonds is 4. The lowest BCUT2D eigenvalue weighted by atomic mass is 10.1. The van der Waals surface area contributed by atoms with E-state index >= 15 is 0 Å². The quantitative estimate of drug-likeness (QED) is 0.414. The maximum Gasteiger partial charge on any atom is 0.285 e. The first kappa shape index (κ1) is 19.9. The Hall–Kier alpha value is -0.0500. The molecule has 1 aromatic rings. The Morgan fingerprint density at radius 3 is 2.00 bits per heavy atom. The first-order chi connectivity index (χ1) is 8.54. The molecule has 1 atom stereocenters. The Morgan fingerprint density at radius 2 is 1.55 bits per heavy atom. The van der Waals surface area contributed by atoms with E-state index in [1.165, 1.54) is 16.4 Å². The van der Waals surface area contributed by atoms with E-state index in [-0.39, 0.29) is 39.9 Å². The average Bonchev–Trinajstić information content (AvgIpc) is 2.27. The van der Waals surface area contributed by atoms with E-state index in [0.29, 0.717) is 6.54 Å². The summed E-state index contributed by atoms with van der Waals surface area (Å²) in [5, 5.41) is -0.424. The molecule has 1 unspecified atom stereocenters. The number of nitrogens with zero attached hydrogens (tertiary/aromatic N) is 3. The Labute approximate surface area is 145 Å². The second-order valence-electron chi connectivity index (χ2n) is 5.92. The molecule has 0 radical (unpaired) electrons. The van der Waals surface area contributed by atoms with Gasteiger partial charge in [0.1, 0.15) is 10.0 Å². The van der Waals surface area contributed by atoms with Crippen LogP contribution >= 0.6 is 23.2 Å². The van der Waals surface area contributed by atoms with Crippen molar-refractivity contribution in [3.8, 4) is 0 Å². The fraction of sp³-hybridized carbons (Fsp3) is 0.667. The zero-order valence-corrected chi connectivity index (χ0v) is 16.0. The Morgan fingerprint density at radius 1 is 1.10 bits per heavy atom. The van der Waals surface area contributed by atoms with Crippen LogP contribution < -0.4 is 35.1 Å². The summed E-state index contributed by atoms with van der Waals surface area (Å²) in [6, 6.07) is 0. The van der Waals surface area contributed by atoms with Crippen LogP contribution in [-0.4, -0.2) is 41.5 Å². The summed E-state index contributed by atoms with van der Waals surface area (Å²) < 4.78 is 3.35. The minimum atomic E-state index is -0.455. The summed E-state index contributed by atoms with van der Waals surface area (Å²) in [5.41, 5.74) is -0.884. The molecule has 8 heteroatoms. The normalized spacial score (nSPS) is 12.9. The van der Waals surface area contributed by atoms with Crippen molar-refractivity contribution in [3.05, 3.63) is 30.8 Å². The predicted octanol–water partition coefficient (Wildman–Crippen LogP) is -1.80. The molecule has 1 rings (SSSR count). The van der Waals surface area contributed by atoms with Crippen LogP contribution in [0.2, 0.25) is 10.0 Å². The number of quaternary nitrogens is 1. The molecule has 0 aliphatic heterocycles. The molecule has 116 valence electrons. The number of hydrogen-bond acceptors (Lipinski definition) is 2. The standard InChI is InChI=1S/C12H20Cl2N3O2.HI/c1-8(7-17(3,4)5)6-16-12(19)10(14)9(13)11(18)15(16)2;/h8H,6-7H2,1-5H3;1H/q+1;/p-1. The van der Waals surface area contributed by atoms with Crippen molar-refractivity contribution in [1.82, 2.24) is 9.36 Å². The van der Waals surface area contributed by atoms with Crippen LogP contribution in [0.5, 0.6) is 0 Å². The second-order valence-corrected chi connectivity index (χ2v) is 6.68. The van der Waals surface area contributed by atoms with E-state index in [1.807, 2.05) is 6.92 Å². The van der Waals surface area contributed by atoms with Crippen molar-refractivity contribution < 1.29 is 28.5 Å². The van der Waals surface area contributed by atoms with Gasteiger partial charge in [0.2, 0.25) is 0 Å². The molecule has 5 nitrogen and oxygen atoms in total. The average molecular weight is 436 g/mol. The van der Waals surface area contributed by atoms with Gasteiger partial charge in [-0.3, -0.25) is 9.59 Å². The van der Waals surface area contributed by atoms with Crippen molar-refractivity contribution >= 4 is 23.2 Å². The van der Waals surface area contributed by atoms with Gasteiger partial charge in [0.05, 0.1) is 34.2 Å². The van der Waals surface area contributed by atoms with Crippen LogP contribution in [0.3, 0.4) is 0 Å². The van der Waals surface area contributed by atoms with Crippen LogP contribution in [0.25, 0.3) is 0 Å². The van der Waals surface area contributed by atoms with E-state index in [9.17, 15) is 9.59 Å². The summed E-state index contributed by atoms with van der Waals surface area (Å²) in [6.45, 7) is 3.33. The SMILES string of the molecule is CC(Cn1c(=O)c(Cl)c(Cl)c(=O)n1C)C[N+](C)(C)C.[I-]. The Kier molecular flexibility index (Phi) is 7.27. The molecule has 1 heterocycles. The third kappa shape index (κ3) is 4.75. The van der Waals surface area contributed by atoms with Crippen LogP contribution in [0.15, 0.2) is 9.59 Å². The molecule has 20 heavy (non-hydrogen) atoms. The second kappa shape index (κ2) is 7.29. The zero-order chi connectivity index (χ0) is 15.0. The van der Waals surface area contributed by atoms with Crippen LogP contribution in [0.4, 0.5) is 0 Å². The highest BCUT2D eigenvalue weighted by Gasteiger charge is 2.19. The molecular formula is C12H20Cl2IN3O2. The lowest BCUT2D eigenvalue weighted by molar-refractivity contribution is -0.873. The molecule has 0 spiro atoms. The van der Waals surface area contributed by atoms with Crippen molar-refractivity contribution in [1.29, 1.82) is 0 Å². The zero-order valence-electron chi connectivity index (χ0n) is 12.3. The van der Waals surface area contributed by atoms with Crippen molar-refractivity contribution in [2.75, 3.05) is 27.7 Å². The number of halogens is 3. The maximum absolute atomic E-state index is 12.0. The van der Waals surface area contributed by atoms with Crippen LogP contribution in [0, 0.1) is 5.92 Å². The van der Waals surface area contributed by atoms with E-state index < -0.39 is 11.1 Å². The topological polar surface area (TPSA) is 44.0 Å². The molecule has 0 saturated carbocycles. The molecule has 0 N–H and O–H groups in total. The molecule has 0 amide bonds. The lowest BCUT2D eigenvalue weighted by Crippen LogP contribution is -3.00. The first-order valence-electron chi connectivity index (χ1n) is 6.00. The van der Waals surface area contributed by atoms with Gasteiger partial charge in [0.25, 0.3) is 11.1 Å². The third-order valence-electron chi connectivity index (χ3n) is 2.80. The van der Waals surface area contributed by atoms with Gasteiger partial charge in [-0.1, -0.05) is 30.1 Å². The molecule has 0 aliphatic carbocycles. The van der Waals surface area contributed by atoms with Crippen molar-refractivity contribution in [3.63, 3.8) is 0 Å². The molecule has 0 bridgehead atoms. The van der Waals surface area contributed by atoms with Gasteiger partial charge in [-0.2, -0.15) is 0 Å². The van der Waals surface area contributed by atoms with Crippen LogP contribution in [-0.2, 0) is 13.6 Å². The van der Waals surface area contributed by atoms with Crippen LogP contribution in [0.1, 0.15) is 6.92 Å². The van der Waals surface area contributed by atoms with Gasteiger partial charge in [-0.15, -0.1) is 0 Å². The Balaban J connectivity index is 0.00000361. The van der Waals surface area contributed by atoms with Gasteiger partial charge in [-0.05, 0) is 0 Å². The van der Waals surface area contributed by atoms with Gasteiger partial charge in [-0.25, -0.2) is 9.36 Å². The van der Waals surface area contributed by atoms with E-state index in [0.717, 1.165) is 11.0 Å². The highest BCUT2D eigenvalue weighted by atomic mass is 127. The van der Waals surface area contributed by atoms with Gasteiger partial charge < -0.3 is 28.5 Å². The number of hydrogen-bond donors (Lipinski definition) is 0. The van der Waals surface area contributed by atoms with E-state index in [2.05, 4.69) is 21.1 Å². The smallest absolute Gasteiger partial charge is 0.285 e. The Bertz CT molecular complexity index is 590. The van der Waals surface area contributed by atoms with Gasteiger partial charge in [0.15, 0.2) is 0 Å². The highest BCUT2D eigenvalue weighted by molar-refractivity contribution is 6.41. The van der Waals surface area contributed by atoms with Gasteiger partial charge >= 0.3 is 0 Å². The van der Waals surface area contributed by atoms with E-state index in [4.69, 9.17) is 23.2 Å². The summed E-state index contributed by atoms with van der Waals surface area (Å²) in [4.78, 5) is 23.9. The summed E-state index contributed by atoms with van der Waals surface area (Å²) >= 11 is 11.5. The van der Waals surface area contributed by atoms with Crippen molar-refractivity contribution in [2.24, 2.45) is 13.0 Å². The number of aromatic nitrogens is 2.